The molecule has 5 nitrogen and oxygen atoms in total. The number of alkyl halides is 3. The highest BCUT2D eigenvalue weighted by Crippen LogP contribution is 2.36. The van der Waals surface area contributed by atoms with E-state index in [0.29, 0.717) is 19.0 Å². The molecule has 1 N–H and O–H groups in total. The lowest BCUT2D eigenvalue weighted by Crippen LogP contribution is -2.58. The highest BCUT2D eigenvalue weighted by atomic mass is 19.4. The number of rotatable bonds is 3. The van der Waals surface area contributed by atoms with E-state index < -0.39 is 17.7 Å². The van der Waals surface area contributed by atoms with E-state index >= 15 is 0 Å². The monoisotopic (exact) mass is 399 g/mol. The van der Waals surface area contributed by atoms with E-state index in [1.54, 1.807) is 23.0 Å². The van der Waals surface area contributed by atoms with Crippen LogP contribution in [0.5, 0.6) is 0 Å². The lowest BCUT2D eigenvalue weighted by molar-refractivity contribution is -0.250. The number of piperidine rings is 1. The number of hydrogen-bond acceptors (Lipinski definition) is 3. The second-order valence-corrected chi connectivity index (χ2v) is 7.36. The van der Waals surface area contributed by atoms with Crippen LogP contribution in [0.25, 0.3) is 5.69 Å². The van der Waals surface area contributed by atoms with Crippen molar-refractivity contribution in [2.45, 2.75) is 38.0 Å². The molecular weight excluding hydrogens is 378 g/mol. The third kappa shape index (κ3) is 3.76. The lowest BCUT2D eigenvalue weighted by atomic mass is 9.84. The summed E-state index contributed by atoms with van der Waals surface area (Å²) in [7, 11) is 0. The Morgan fingerprint density at radius 2 is 1.86 bits per heavy atom. The van der Waals surface area contributed by atoms with Gasteiger partial charge in [-0.3, -0.25) is 4.79 Å². The molecule has 3 atom stereocenters. The molecule has 2 unspecified atom stereocenters. The molecule has 0 radical (unpaired) electrons. The number of carbonyl (C=O) groups excluding carboxylic acids is 1. The molecule has 2 aromatic rings. The maximum absolute atomic E-state index is 13.1. The molecule has 0 spiro atoms. The highest BCUT2D eigenvalue weighted by Gasteiger charge is 2.57. The first-order chi connectivity index (χ1) is 13.0. The smallest absolute Gasteiger partial charge is 0.373 e. The van der Waals surface area contributed by atoms with Crippen molar-refractivity contribution < 1.29 is 27.5 Å². The van der Waals surface area contributed by atoms with Gasteiger partial charge in [0.25, 0.3) is 5.91 Å². The van der Waals surface area contributed by atoms with Crippen LogP contribution < -0.4 is 0 Å². The molecule has 2 heterocycles. The topological polar surface area (TPSA) is 58.4 Å². The average molecular weight is 399 g/mol. The van der Waals surface area contributed by atoms with Crippen molar-refractivity contribution in [1.82, 2.24) is 14.7 Å². The first-order valence-electron chi connectivity index (χ1n) is 8.90. The molecule has 1 fully saturated rings. The van der Waals surface area contributed by atoms with Gasteiger partial charge in [-0.15, -0.1) is 0 Å². The normalized spacial score (nSPS) is 22.8. The zero-order valence-corrected chi connectivity index (χ0v) is 15.4. The predicted octanol–water partition coefficient (Wildman–Crippen LogP) is 3.28. The second-order valence-electron chi connectivity index (χ2n) is 7.36. The van der Waals surface area contributed by atoms with Crippen molar-refractivity contribution in [3.8, 4) is 5.69 Å². The summed E-state index contributed by atoms with van der Waals surface area (Å²) in [6, 6.07) is 7.66. The van der Waals surface area contributed by atoms with E-state index in [2.05, 4.69) is 5.10 Å². The Labute approximate surface area is 159 Å². The van der Waals surface area contributed by atoms with Crippen molar-refractivity contribution in [1.29, 1.82) is 0 Å². The second kappa shape index (κ2) is 7.20. The summed E-state index contributed by atoms with van der Waals surface area (Å²) in [5.41, 5.74) is -1.95. The summed E-state index contributed by atoms with van der Waals surface area (Å²) < 4.78 is 53.5. The number of halogens is 4. The van der Waals surface area contributed by atoms with E-state index in [9.17, 15) is 27.5 Å². The molecule has 0 saturated carbocycles. The number of amides is 1. The summed E-state index contributed by atoms with van der Waals surface area (Å²) in [6.07, 6.45) is -2.86. The molecule has 0 aliphatic carbocycles. The molecule has 28 heavy (non-hydrogen) atoms. The van der Waals surface area contributed by atoms with Crippen LogP contribution >= 0.6 is 0 Å². The summed E-state index contributed by atoms with van der Waals surface area (Å²) in [6.45, 7) is 2.52. The Bertz CT molecular complexity index is 846. The number of nitrogens with zero attached hydrogens (tertiary/aromatic N) is 3. The highest BCUT2D eigenvalue weighted by molar-refractivity contribution is 5.85. The van der Waals surface area contributed by atoms with Crippen LogP contribution in [0.15, 0.2) is 36.5 Å². The number of aromatic nitrogens is 2. The molecular formula is C19H21F4N3O2. The van der Waals surface area contributed by atoms with Crippen LogP contribution in [-0.2, 0) is 4.79 Å². The summed E-state index contributed by atoms with van der Waals surface area (Å²) in [5.74, 6) is -1.86. The van der Waals surface area contributed by atoms with Gasteiger partial charge >= 0.3 is 6.18 Å². The first kappa shape index (κ1) is 20.3. The number of hydrogen-bond donors (Lipinski definition) is 1. The summed E-state index contributed by atoms with van der Waals surface area (Å²) in [5, 5.41) is 14.1. The molecule has 1 amide bonds. The van der Waals surface area contributed by atoms with Crippen molar-refractivity contribution >= 4 is 5.91 Å². The van der Waals surface area contributed by atoms with Crippen LogP contribution in [-0.4, -0.2) is 50.6 Å². The van der Waals surface area contributed by atoms with Gasteiger partial charge in [-0.25, -0.2) is 9.07 Å². The number of likely N-dealkylation sites (tertiary alicyclic amines) is 1. The van der Waals surface area contributed by atoms with E-state index in [0.717, 1.165) is 10.6 Å². The Hall–Kier alpha value is -2.42. The quantitative estimate of drug-likeness (QED) is 0.806. The van der Waals surface area contributed by atoms with Gasteiger partial charge in [0, 0.05) is 25.2 Å². The summed E-state index contributed by atoms with van der Waals surface area (Å²) >= 11 is 0. The van der Waals surface area contributed by atoms with Gasteiger partial charge in [0.1, 0.15) is 5.82 Å². The fourth-order valence-electron chi connectivity index (χ4n) is 3.47. The predicted molar refractivity (Wildman–Crippen MR) is 93.3 cm³/mol. The maximum atomic E-state index is 13.1. The molecule has 152 valence electrons. The Morgan fingerprint density at radius 1 is 1.21 bits per heavy atom. The molecule has 1 aliphatic heterocycles. The maximum Gasteiger partial charge on any atom is 0.426 e. The van der Waals surface area contributed by atoms with Crippen LogP contribution in [0.3, 0.4) is 0 Å². The molecule has 1 aliphatic rings. The van der Waals surface area contributed by atoms with Gasteiger partial charge in [-0.05, 0) is 49.6 Å². The zero-order chi connectivity index (χ0) is 20.7. The molecule has 3 rings (SSSR count). The zero-order valence-electron chi connectivity index (χ0n) is 15.4. The minimum atomic E-state index is -5.03. The van der Waals surface area contributed by atoms with E-state index in [1.807, 2.05) is 13.0 Å². The average Bonchev–Trinajstić information content (AvgIpc) is 3.10. The fraction of sp³-hybridized carbons (Fsp3) is 0.474. The van der Waals surface area contributed by atoms with Gasteiger partial charge in [-0.1, -0.05) is 6.92 Å². The van der Waals surface area contributed by atoms with Crippen LogP contribution in [0.4, 0.5) is 17.6 Å². The Kier molecular flexibility index (Phi) is 5.22. The van der Waals surface area contributed by atoms with Crippen molar-refractivity contribution in [3.63, 3.8) is 0 Å². The number of carbonyl (C=O) groups is 1. The van der Waals surface area contributed by atoms with Gasteiger partial charge in [0.15, 0.2) is 0 Å². The van der Waals surface area contributed by atoms with Crippen LogP contribution in [0.2, 0.25) is 0 Å². The first-order valence-corrected chi connectivity index (χ1v) is 8.90. The van der Waals surface area contributed by atoms with Gasteiger partial charge in [0.05, 0.1) is 11.4 Å². The minimum absolute atomic E-state index is 0.0402. The summed E-state index contributed by atoms with van der Waals surface area (Å²) in [4.78, 5) is 13.2. The van der Waals surface area contributed by atoms with E-state index in [1.165, 1.54) is 12.1 Å². The van der Waals surface area contributed by atoms with Gasteiger partial charge in [-0.2, -0.15) is 18.3 Å². The molecule has 9 heteroatoms. The van der Waals surface area contributed by atoms with Gasteiger partial charge < -0.3 is 10.0 Å². The van der Waals surface area contributed by atoms with Crippen molar-refractivity contribution in [3.05, 3.63) is 48.0 Å². The molecule has 0 bridgehead atoms. The molecule has 1 aromatic carbocycles. The molecule has 1 aromatic heterocycles. The third-order valence-corrected chi connectivity index (χ3v) is 5.24. The SMILES string of the molecule is CC1CN(C(=O)[C@@](C)(O)C(F)(F)F)CCC1c1ccn(-c2ccc(F)cc2)n1. The number of benzene rings is 1. The standard InChI is InChI=1S/C19H21F4N3O2/c1-12-11-25(17(27)18(2,28)19(21,22)23)9-7-15(12)16-8-10-26(24-16)14-5-3-13(20)4-6-14/h3-6,8,10,12,15,28H,7,9,11H2,1-2H3/t12?,15?,18-/m1/s1. The van der Waals surface area contributed by atoms with Crippen LogP contribution in [0.1, 0.15) is 31.9 Å². The van der Waals surface area contributed by atoms with E-state index in [4.69, 9.17) is 0 Å². The fourth-order valence-corrected chi connectivity index (χ4v) is 3.47. The van der Waals surface area contributed by atoms with Crippen molar-refractivity contribution in [2.75, 3.05) is 13.1 Å². The Balaban J connectivity index is 1.71. The Morgan fingerprint density at radius 3 is 2.43 bits per heavy atom. The minimum Gasteiger partial charge on any atom is -0.373 e. The largest absolute Gasteiger partial charge is 0.426 e. The van der Waals surface area contributed by atoms with E-state index in [-0.39, 0.29) is 30.7 Å². The molecule has 1 saturated heterocycles. The lowest BCUT2D eigenvalue weighted by Gasteiger charge is -2.39. The third-order valence-electron chi connectivity index (χ3n) is 5.24. The number of aliphatic hydroxyl groups is 1. The van der Waals surface area contributed by atoms with Crippen molar-refractivity contribution in [2.24, 2.45) is 5.92 Å². The van der Waals surface area contributed by atoms with Gasteiger partial charge in [0.2, 0.25) is 5.60 Å². The van der Waals surface area contributed by atoms with Crippen LogP contribution in [0, 0.1) is 11.7 Å².